The van der Waals surface area contributed by atoms with Gasteiger partial charge in [0, 0.05) is 36.3 Å². The first-order valence-corrected chi connectivity index (χ1v) is 20.6. The van der Waals surface area contributed by atoms with Crippen LogP contribution in [0.4, 0.5) is 13.2 Å². The lowest BCUT2D eigenvalue weighted by molar-refractivity contribution is -0.142. The van der Waals surface area contributed by atoms with E-state index >= 15 is 13.2 Å². The van der Waals surface area contributed by atoms with Gasteiger partial charge in [-0.2, -0.15) is 13.2 Å². The molecule has 1 aliphatic carbocycles. The monoisotopic (exact) mass is 812 g/mol. The van der Waals surface area contributed by atoms with Gasteiger partial charge in [-0.05, 0) is 109 Å². The molecule has 4 aromatic rings. The number of unbranched alkanes of at least 4 members (excludes halogenated alkanes) is 1. The van der Waals surface area contributed by atoms with Crippen LogP contribution in [0.25, 0.3) is 16.7 Å². The van der Waals surface area contributed by atoms with Crippen molar-refractivity contribution in [3.05, 3.63) is 125 Å². The number of nitrogens with one attached hydrogen (secondary N) is 3. The second kappa shape index (κ2) is 19.7. The van der Waals surface area contributed by atoms with Gasteiger partial charge < -0.3 is 32.3 Å². The molecule has 0 fully saturated rings. The van der Waals surface area contributed by atoms with E-state index in [1.165, 1.54) is 4.90 Å². The van der Waals surface area contributed by atoms with Gasteiger partial charge in [0.25, 0.3) is 0 Å². The minimum atomic E-state index is -4.74. The molecule has 1 aliphatic heterocycles. The Labute approximate surface area is 342 Å². The zero-order valence-corrected chi connectivity index (χ0v) is 33.4. The van der Waals surface area contributed by atoms with Crippen molar-refractivity contribution in [1.29, 1.82) is 0 Å². The number of carbonyl (C=O) groups is 3. The van der Waals surface area contributed by atoms with Crippen molar-refractivity contribution in [3.8, 4) is 11.1 Å². The number of likely N-dealkylation sites (N-methyl/N-ethyl adjacent to an activating group) is 1. The summed E-state index contributed by atoms with van der Waals surface area (Å²) in [5, 5.41) is 9.26. The Balaban J connectivity index is 1.48. The molecule has 0 spiro atoms. The Morgan fingerprint density at radius 1 is 0.759 bits per heavy atom. The number of amides is 3. The molecule has 0 aromatic heterocycles. The first-order valence-electron chi connectivity index (χ1n) is 19.8. The van der Waals surface area contributed by atoms with Gasteiger partial charge >= 0.3 is 6.18 Å². The van der Waals surface area contributed by atoms with Gasteiger partial charge in [0.15, 0.2) is 0 Å². The minimum Gasteiger partial charge on any atom is -0.350 e. The molecule has 0 saturated carbocycles. The molecule has 3 amide bonds. The molecule has 2 aliphatic rings. The highest BCUT2D eigenvalue weighted by molar-refractivity contribution is 7.99. The maximum atomic E-state index is 15.2. The van der Waals surface area contributed by atoms with E-state index in [0.29, 0.717) is 73.2 Å². The second-order valence-corrected chi connectivity index (χ2v) is 15.8. The number of halogens is 3. The summed E-state index contributed by atoms with van der Waals surface area (Å²) in [6, 6.07) is 23.9. The third-order valence-corrected chi connectivity index (χ3v) is 12.1. The molecule has 6 rings (SSSR count). The van der Waals surface area contributed by atoms with E-state index < -0.39 is 47.6 Å². The summed E-state index contributed by atoms with van der Waals surface area (Å²) >= 11 is 0.975. The van der Waals surface area contributed by atoms with Crippen LogP contribution in [-0.4, -0.2) is 60.9 Å². The predicted octanol–water partition coefficient (Wildman–Crippen LogP) is 6.82. The Hall–Kier alpha value is -4.95. The molecular formula is C45H51F3N6O3S. The van der Waals surface area contributed by atoms with Crippen LogP contribution in [0.1, 0.15) is 66.3 Å². The number of nitrogens with zero attached hydrogens (tertiary/aromatic N) is 1. The fourth-order valence-electron chi connectivity index (χ4n) is 7.57. The van der Waals surface area contributed by atoms with Gasteiger partial charge in [-0.25, -0.2) is 0 Å². The van der Waals surface area contributed by atoms with Crippen molar-refractivity contribution >= 4 is 35.1 Å². The van der Waals surface area contributed by atoms with E-state index in [9.17, 15) is 14.4 Å². The smallest absolute Gasteiger partial charge is 0.350 e. The lowest BCUT2D eigenvalue weighted by Gasteiger charge is -2.32. The number of allylic oxidation sites excluding steroid dienone is 1. The maximum Gasteiger partial charge on any atom is 0.417 e. The molecule has 58 heavy (non-hydrogen) atoms. The van der Waals surface area contributed by atoms with Crippen LogP contribution < -0.4 is 27.4 Å². The highest BCUT2D eigenvalue weighted by atomic mass is 32.2. The van der Waals surface area contributed by atoms with Crippen LogP contribution in [0.2, 0.25) is 0 Å². The van der Waals surface area contributed by atoms with Crippen LogP contribution in [0.5, 0.6) is 0 Å². The summed E-state index contributed by atoms with van der Waals surface area (Å²) in [6.45, 7) is 0.658. The van der Waals surface area contributed by atoms with E-state index in [4.69, 9.17) is 11.5 Å². The summed E-state index contributed by atoms with van der Waals surface area (Å²) in [5.41, 5.74) is 15.7. The van der Waals surface area contributed by atoms with Crippen LogP contribution in [0.15, 0.2) is 107 Å². The number of rotatable bonds is 10. The largest absolute Gasteiger partial charge is 0.417 e. The molecule has 0 saturated heterocycles. The van der Waals surface area contributed by atoms with Gasteiger partial charge in [0.2, 0.25) is 17.7 Å². The third kappa shape index (κ3) is 10.4. The highest BCUT2D eigenvalue weighted by Gasteiger charge is 2.38. The normalized spacial score (nSPS) is 19.3. The first-order chi connectivity index (χ1) is 28.0. The SMILES string of the molecule is CN1C(=O)[C@H](CCCCN)NC(=O)[C@H](CCCN)NCc2ccccc2Sc2c(cc(-c3ccccc3)cc2C(F)(F)F)CNC(=O)[C@@H]1CC1=CCc2ccccc21. The molecule has 306 valence electrons. The average Bonchev–Trinajstić information content (AvgIpc) is 3.64. The molecule has 7 N–H and O–H groups in total. The van der Waals surface area contributed by atoms with Gasteiger partial charge in [0.1, 0.15) is 12.1 Å². The minimum absolute atomic E-state index is 0.0463. The number of alkyl halides is 3. The van der Waals surface area contributed by atoms with Crippen LogP contribution in [0.3, 0.4) is 0 Å². The Bertz CT molecular complexity index is 2110. The average molecular weight is 813 g/mol. The Morgan fingerprint density at radius 3 is 2.19 bits per heavy atom. The number of benzene rings is 4. The van der Waals surface area contributed by atoms with Gasteiger partial charge in [0.05, 0.1) is 11.6 Å². The number of hydrogen-bond acceptors (Lipinski definition) is 7. The van der Waals surface area contributed by atoms with Crippen molar-refractivity contribution in [1.82, 2.24) is 20.9 Å². The summed E-state index contributed by atoms with van der Waals surface area (Å²) in [4.78, 5) is 45.1. The molecule has 0 unspecified atom stereocenters. The molecule has 0 bridgehead atoms. The molecule has 0 radical (unpaired) electrons. The number of fused-ring (bicyclic) bond motifs is 3. The fourth-order valence-corrected chi connectivity index (χ4v) is 8.76. The van der Waals surface area contributed by atoms with E-state index in [0.717, 1.165) is 34.5 Å². The Kier molecular flexibility index (Phi) is 14.5. The number of carbonyl (C=O) groups excluding carboxylic acids is 3. The first kappa shape index (κ1) is 42.7. The molecule has 13 heteroatoms. The van der Waals surface area contributed by atoms with Crippen molar-refractivity contribution in [3.63, 3.8) is 0 Å². The topological polar surface area (TPSA) is 143 Å². The number of nitrogens with two attached hydrogens (primary N) is 2. The van der Waals surface area contributed by atoms with Crippen molar-refractivity contribution in [2.45, 2.75) is 92.1 Å². The molecule has 4 aromatic carbocycles. The van der Waals surface area contributed by atoms with E-state index in [1.54, 1.807) is 61.6 Å². The molecular weight excluding hydrogens is 762 g/mol. The lowest BCUT2D eigenvalue weighted by atomic mass is 9.97. The standard InChI is InChI=1S/C45H51F3N6O3S/c1-54-39(26-31-21-20-30-14-5-7-16-35(30)31)43(56)52-28-34-24-33(29-12-3-2-4-13-29)25-36(45(46,47)48)41(34)58-40-19-8-6-15-32(40)27-51-37(18-11-23-50)42(55)53-38(44(54)57)17-9-10-22-49/h2-8,12-16,19,21,24-25,37-39,51H,9-11,17-18,20,22-23,26-28,49-50H2,1H3,(H,52,56)(H,53,55)/t37-,38-,39-/m0/s1. The lowest BCUT2D eigenvalue weighted by Crippen LogP contribution is -2.56. The fraction of sp³-hybridized carbons (Fsp3) is 0.356. The predicted molar refractivity (Wildman–Crippen MR) is 222 cm³/mol. The quantitative estimate of drug-likeness (QED) is 0.111. The molecule has 1 heterocycles. The van der Waals surface area contributed by atoms with Crippen LogP contribution in [-0.2, 0) is 40.1 Å². The molecule has 3 atom stereocenters. The van der Waals surface area contributed by atoms with Crippen molar-refractivity contribution in [2.75, 3.05) is 20.1 Å². The Morgan fingerprint density at radius 2 is 1.45 bits per heavy atom. The van der Waals surface area contributed by atoms with Gasteiger partial charge in [-0.15, -0.1) is 0 Å². The van der Waals surface area contributed by atoms with Gasteiger partial charge in [-0.1, -0.05) is 90.6 Å². The summed E-state index contributed by atoms with van der Waals surface area (Å²) < 4.78 is 45.6. The number of hydrogen-bond donors (Lipinski definition) is 5. The van der Waals surface area contributed by atoms with Gasteiger partial charge in [-0.3, -0.25) is 14.4 Å². The summed E-state index contributed by atoms with van der Waals surface area (Å²) in [6.07, 6.45) is 0.484. The highest BCUT2D eigenvalue weighted by Crippen LogP contribution is 2.45. The maximum absolute atomic E-state index is 15.2. The second-order valence-electron chi connectivity index (χ2n) is 14.8. The van der Waals surface area contributed by atoms with Crippen LogP contribution in [0, 0.1) is 0 Å². The summed E-state index contributed by atoms with van der Waals surface area (Å²) in [5.74, 6) is -1.39. The zero-order chi connectivity index (χ0) is 41.2. The van der Waals surface area contributed by atoms with E-state index in [1.807, 2.05) is 36.4 Å². The van der Waals surface area contributed by atoms with Crippen LogP contribution >= 0.6 is 11.8 Å². The third-order valence-electron chi connectivity index (χ3n) is 10.8. The van der Waals surface area contributed by atoms with Crippen molar-refractivity contribution < 1.29 is 27.6 Å². The zero-order valence-electron chi connectivity index (χ0n) is 32.6. The van der Waals surface area contributed by atoms with Crippen molar-refractivity contribution in [2.24, 2.45) is 11.5 Å². The summed E-state index contributed by atoms with van der Waals surface area (Å²) in [7, 11) is 1.55. The molecule has 9 nitrogen and oxygen atoms in total. The van der Waals surface area contributed by atoms with E-state index in [-0.39, 0.29) is 30.0 Å². The van der Waals surface area contributed by atoms with E-state index in [2.05, 4.69) is 16.0 Å².